The molecule has 0 saturated carbocycles. The number of benzene rings is 1. The smallest absolute Gasteiger partial charge is 0.308 e. The molecule has 1 fully saturated rings. The summed E-state index contributed by atoms with van der Waals surface area (Å²) in [5.41, 5.74) is 1.16. The van der Waals surface area contributed by atoms with Crippen molar-refractivity contribution in [3.63, 3.8) is 0 Å². The summed E-state index contributed by atoms with van der Waals surface area (Å²) in [6, 6.07) is 5.83. The van der Waals surface area contributed by atoms with Gasteiger partial charge >= 0.3 is 5.97 Å². The van der Waals surface area contributed by atoms with Crippen LogP contribution in [0.2, 0.25) is 0 Å². The van der Waals surface area contributed by atoms with E-state index < -0.39 is 0 Å². The second-order valence-electron chi connectivity index (χ2n) is 4.50. The van der Waals surface area contributed by atoms with Gasteiger partial charge in [0.2, 0.25) is 0 Å². The van der Waals surface area contributed by atoms with Crippen LogP contribution in [0.4, 0.5) is 5.69 Å². The number of carbonyl (C=O) groups excluding carboxylic acids is 1. The number of hydrogen-bond donors (Lipinski definition) is 0. The lowest BCUT2D eigenvalue weighted by Crippen LogP contribution is -2.44. The topological polar surface area (TPSA) is 32.8 Å². The fraction of sp³-hybridized carbons (Fsp3) is 0.462. The predicted molar refractivity (Wildman–Crippen MR) is 75.2 cm³/mol. The van der Waals surface area contributed by atoms with Crippen LogP contribution in [-0.4, -0.2) is 44.1 Å². The van der Waals surface area contributed by atoms with Crippen molar-refractivity contribution in [1.82, 2.24) is 4.90 Å². The molecule has 0 radical (unpaired) electrons. The minimum Gasteiger partial charge on any atom is -0.426 e. The van der Waals surface area contributed by atoms with E-state index in [0.29, 0.717) is 5.75 Å². The number of piperazine rings is 1. The highest BCUT2D eigenvalue weighted by atomic mass is 79.9. The second kappa shape index (κ2) is 5.71. The Bertz CT molecular complexity index is 443. The van der Waals surface area contributed by atoms with Crippen molar-refractivity contribution < 1.29 is 9.53 Å². The first-order valence-electron chi connectivity index (χ1n) is 5.98. The van der Waals surface area contributed by atoms with E-state index in [0.717, 1.165) is 36.3 Å². The number of nitrogens with zero attached hydrogens (tertiary/aromatic N) is 2. The number of anilines is 1. The van der Waals surface area contributed by atoms with Gasteiger partial charge in [0, 0.05) is 38.8 Å². The van der Waals surface area contributed by atoms with Crippen LogP contribution in [0.15, 0.2) is 22.7 Å². The molecule has 0 bridgehead atoms. The van der Waals surface area contributed by atoms with E-state index >= 15 is 0 Å². The zero-order chi connectivity index (χ0) is 13.1. The first-order valence-corrected chi connectivity index (χ1v) is 6.77. The van der Waals surface area contributed by atoms with E-state index in [1.165, 1.54) is 6.92 Å². The van der Waals surface area contributed by atoms with E-state index in [4.69, 9.17) is 4.74 Å². The molecule has 0 atom stereocenters. The van der Waals surface area contributed by atoms with Gasteiger partial charge in [0.15, 0.2) is 0 Å². The highest BCUT2D eigenvalue weighted by Gasteiger charge is 2.15. The zero-order valence-corrected chi connectivity index (χ0v) is 12.2. The molecule has 0 aromatic heterocycles. The Morgan fingerprint density at radius 3 is 2.50 bits per heavy atom. The number of carbonyl (C=O) groups is 1. The Morgan fingerprint density at radius 1 is 1.28 bits per heavy atom. The normalized spacial score (nSPS) is 16.7. The van der Waals surface area contributed by atoms with E-state index in [2.05, 4.69) is 32.8 Å². The summed E-state index contributed by atoms with van der Waals surface area (Å²) >= 11 is 3.44. The quantitative estimate of drug-likeness (QED) is 0.618. The third-order valence-corrected chi connectivity index (χ3v) is 3.66. The molecular formula is C13H17BrN2O2. The SMILES string of the molecule is CC(=O)Oc1ccc(N2CCN(C)CC2)cc1Br. The molecule has 2 rings (SSSR count). The van der Waals surface area contributed by atoms with Crippen LogP contribution >= 0.6 is 15.9 Å². The van der Waals surface area contributed by atoms with Gasteiger partial charge in [0.1, 0.15) is 5.75 Å². The molecule has 5 heteroatoms. The van der Waals surface area contributed by atoms with Crippen LogP contribution in [0.5, 0.6) is 5.75 Å². The van der Waals surface area contributed by atoms with Gasteiger partial charge in [-0.15, -0.1) is 0 Å². The summed E-state index contributed by atoms with van der Waals surface area (Å²) in [5, 5.41) is 0. The predicted octanol–water partition coefficient (Wildman–Crippen LogP) is 2.13. The molecule has 4 nitrogen and oxygen atoms in total. The third-order valence-electron chi connectivity index (χ3n) is 3.04. The Kier molecular flexibility index (Phi) is 4.24. The van der Waals surface area contributed by atoms with Crippen molar-refractivity contribution in [3.8, 4) is 5.75 Å². The van der Waals surface area contributed by atoms with Crippen molar-refractivity contribution in [2.75, 3.05) is 38.1 Å². The minimum atomic E-state index is -0.303. The average molecular weight is 313 g/mol. The number of esters is 1. The van der Waals surface area contributed by atoms with Gasteiger partial charge < -0.3 is 14.5 Å². The summed E-state index contributed by atoms with van der Waals surface area (Å²) in [7, 11) is 2.14. The maximum atomic E-state index is 10.9. The largest absolute Gasteiger partial charge is 0.426 e. The molecule has 1 aliphatic rings. The zero-order valence-electron chi connectivity index (χ0n) is 10.6. The molecule has 1 heterocycles. The summed E-state index contributed by atoms with van der Waals surface area (Å²) in [6.07, 6.45) is 0. The average Bonchev–Trinajstić information content (AvgIpc) is 2.32. The maximum absolute atomic E-state index is 10.9. The fourth-order valence-electron chi connectivity index (χ4n) is 1.99. The van der Waals surface area contributed by atoms with Crippen LogP contribution in [0.1, 0.15) is 6.92 Å². The standard InChI is InChI=1S/C13H17BrN2O2/c1-10(17)18-13-4-3-11(9-12(13)14)16-7-5-15(2)6-8-16/h3-4,9H,5-8H2,1-2H3. The highest BCUT2D eigenvalue weighted by molar-refractivity contribution is 9.10. The molecule has 0 unspecified atom stereocenters. The van der Waals surface area contributed by atoms with E-state index in [9.17, 15) is 4.79 Å². The summed E-state index contributed by atoms with van der Waals surface area (Å²) < 4.78 is 5.91. The third kappa shape index (κ3) is 3.23. The monoisotopic (exact) mass is 312 g/mol. The molecule has 1 aromatic rings. The Morgan fingerprint density at radius 2 is 1.94 bits per heavy atom. The molecule has 18 heavy (non-hydrogen) atoms. The van der Waals surface area contributed by atoms with Crippen molar-refractivity contribution >= 4 is 27.6 Å². The van der Waals surface area contributed by atoms with E-state index in [1.54, 1.807) is 0 Å². The van der Waals surface area contributed by atoms with Crippen molar-refractivity contribution in [1.29, 1.82) is 0 Å². The molecule has 1 aromatic carbocycles. The molecule has 1 aliphatic heterocycles. The second-order valence-corrected chi connectivity index (χ2v) is 5.35. The summed E-state index contributed by atoms with van der Waals surface area (Å²) in [4.78, 5) is 15.6. The molecule has 0 spiro atoms. The molecule has 98 valence electrons. The lowest BCUT2D eigenvalue weighted by molar-refractivity contribution is -0.131. The van der Waals surface area contributed by atoms with Crippen LogP contribution < -0.4 is 9.64 Å². The van der Waals surface area contributed by atoms with Crippen molar-refractivity contribution in [2.45, 2.75) is 6.92 Å². The number of hydrogen-bond acceptors (Lipinski definition) is 4. The molecule has 0 N–H and O–H groups in total. The van der Waals surface area contributed by atoms with Gasteiger partial charge in [0.25, 0.3) is 0 Å². The summed E-state index contributed by atoms with van der Waals surface area (Å²) in [6.45, 7) is 5.60. The van der Waals surface area contributed by atoms with Crippen LogP contribution in [0, 0.1) is 0 Å². The van der Waals surface area contributed by atoms with Crippen molar-refractivity contribution in [3.05, 3.63) is 22.7 Å². The van der Waals surface area contributed by atoms with Gasteiger partial charge in [-0.1, -0.05) is 0 Å². The van der Waals surface area contributed by atoms with Gasteiger partial charge in [-0.25, -0.2) is 0 Å². The number of halogens is 1. The van der Waals surface area contributed by atoms with Crippen LogP contribution in [0.3, 0.4) is 0 Å². The summed E-state index contributed by atoms with van der Waals surface area (Å²) in [5.74, 6) is 0.267. The van der Waals surface area contributed by atoms with Gasteiger partial charge in [-0.3, -0.25) is 4.79 Å². The first kappa shape index (κ1) is 13.4. The fourth-order valence-corrected chi connectivity index (χ4v) is 2.44. The van der Waals surface area contributed by atoms with Crippen LogP contribution in [0.25, 0.3) is 0 Å². The molecular weight excluding hydrogens is 296 g/mol. The lowest BCUT2D eigenvalue weighted by Gasteiger charge is -2.34. The Labute approximate surface area is 116 Å². The van der Waals surface area contributed by atoms with Crippen LogP contribution in [-0.2, 0) is 4.79 Å². The Hall–Kier alpha value is -1.07. The van der Waals surface area contributed by atoms with E-state index in [-0.39, 0.29) is 5.97 Å². The van der Waals surface area contributed by atoms with Gasteiger partial charge in [-0.2, -0.15) is 0 Å². The molecule has 0 aliphatic carbocycles. The molecule has 0 amide bonds. The van der Waals surface area contributed by atoms with Gasteiger partial charge in [-0.05, 0) is 41.2 Å². The lowest BCUT2D eigenvalue weighted by atomic mass is 10.2. The highest BCUT2D eigenvalue weighted by Crippen LogP contribution is 2.30. The minimum absolute atomic E-state index is 0.303. The Balaban J connectivity index is 2.11. The number of likely N-dealkylation sites (N-methyl/N-ethyl adjacent to an activating group) is 1. The first-order chi connectivity index (χ1) is 8.56. The van der Waals surface area contributed by atoms with Gasteiger partial charge in [0.05, 0.1) is 4.47 Å². The molecule has 1 saturated heterocycles. The number of ether oxygens (including phenoxy) is 1. The van der Waals surface area contributed by atoms with Crippen molar-refractivity contribution in [2.24, 2.45) is 0 Å². The maximum Gasteiger partial charge on any atom is 0.308 e. The van der Waals surface area contributed by atoms with E-state index in [1.807, 2.05) is 18.2 Å². The number of rotatable bonds is 2.